The first-order valence-corrected chi connectivity index (χ1v) is 10.3. The summed E-state index contributed by atoms with van der Waals surface area (Å²) in [4.78, 5) is 37.3. The van der Waals surface area contributed by atoms with Crippen LogP contribution in [0.15, 0.2) is 31.4 Å². The Bertz CT molecular complexity index is 1120. The highest BCUT2D eigenvalue weighted by Crippen LogP contribution is 2.44. The minimum atomic E-state index is -4.25. The van der Waals surface area contributed by atoms with E-state index < -0.39 is 45.0 Å². The van der Waals surface area contributed by atoms with E-state index >= 15 is 0 Å². The maximum Gasteiger partial charge on any atom is 0.437 e. The van der Waals surface area contributed by atoms with E-state index in [1.807, 2.05) is 0 Å². The van der Waals surface area contributed by atoms with Gasteiger partial charge < -0.3 is 24.6 Å². The summed E-state index contributed by atoms with van der Waals surface area (Å²) in [6, 6.07) is 0. The van der Waals surface area contributed by atoms with Crippen LogP contribution >= 0.6 is 7.75 Å². The van der Waals surface area contributed by atoms with Gasteiger partial charge in [-0.15, -0.1) is 0 Å². The average Bonchev–Trinajstić information content (AvgIpc) is 3.48. The molecule has 2 unspecified atom stereocenters. The molecule has 4 heterocycles. The summed E-state index contributed by atoms with van der Waals surface area (Å²) < 4.78 is 29.7. The molecule has 31 heavy (non-hydrogen) atoms. The van der Waals surface area contributed by atoms with Crippen molar-refractivity contribution >= 4 is 30.8 Å². The number of fused-ring (bicyclic) bond motifs is 1. The molecule has 16 heteroatoms. The Hall–Kier alpha value is -2.94. The van der Waals surface area contributed by atoms with Crippen molar-refractivity contribution in [3.63, 3.8) is 0 Å². The molecule has 0 bridgehead atoms. The molecular weight excluding hydrogens is 437 g/mol. The molecule has 4 N–H and O–H groups in total. The van der Waals surface area contributed by atoms with Crippen molar-refractivity contribution < 1.29 is 38.5 Å². The van der Waals surface area contributed by atoms with Gasteiger partial charge in [-0.2, -0.15) is 0 Å². The number of amides is 1. The smallest absolute Gasteiger partial charge is 0.437 e. The number of carbonyl (C=O) groups is 1. The van der Waals surface area contributed by atoms with Crippen molar-refractivity contribution in [2.75, 3.05) is 19.0 Å². The van der Waals surface area contributed by atoms with Gasteiger partial charge in [0.05, 0.1) is 20.0 Å². The van der Waals surface area contributed by atoms with Gasteiger partial charge in [0, 0.05) is 12.4 Å². The second-order valence-corrected chi connectivity index (χ2v) is 8.14. The van der Waals surface area contributed by atoms with Gasteiger partial charge in [-0.3, -0.25) is 14.4 Å². The van der Waals surface area contributed by atoms with Gasteiger partial charge in [0.1, 0.15) is 31.0 Å². The van der Waals surface area contributed by atoms with Gasteiger partial charge in [-0.1, -0.05) is 0 Å². The number of nitrogens with zero attached hydrogens (tertiary/aromatic N) is 6. The number of hydrogen-bond donors (Lipinski definition) is 4. The molecule has 166 valence electrons. The van der Waals surface area contributed by atoms with E-state index in [2.05, 4.69) is 30.0 Å². The van der Waals surface area contributed by atoms with Crippen LogP contribution in [0.2, 0.25) is 0 Å². The average molecular weight is 455 g/mol. The van der Waals surface area contributed by atoms with Crippen molar-refractivity contribution in [1.82, 2.24) is 28.8 Å². The summed E-state index contributed by atoms with van der Waals surface area (Å²) in [7, 11) is -3.06. The Morgan fingerprint density at radius 1 is 1.29 bits per heavy atom. The summed E-state index contributed by atoms with van der Waals surface area (Å²) in [5, 5.41) is 23.2. The third-order valence-corrected chi connectivity index (χ3v) is 5.87. The molecule has 3 aromatic heterocycles. The van der Waals surface area contributed by atoms with E-state index in [9.17, 15) is 24.5 Å². The molecule has 1 aliphatic rings. The van der Waals surface area contributed by atoms with Crippen LogP contribution in [0.25, 0.3) is 11.2 Å². The van der Waals surface area contributed by atoms with Crippen molar-refractivity contribution in [2.45, 2.75) is 24.5 Å². The van der Waals surface area contributed by atoms with Crippen LogP contribution in [-0.4, -0.2) is 82.1 Å². The number of aliphatic hydroxyl groups excluding tert-OH is 2. The lowest BCUT2D eigenvalue weighted by Crippen LogP contribution is -2.33. The lowest BCUT2D eigenvalue weighted by atomic mass is 10.1. The third-order valence-electron chi connectivity index (χ3n) is 4.57. The molecule has 0 aromatic carbocycles. The Morgan fingerprint density at radius 2 is 2.10 bits per heavy atom. The summed E-state index contributed by atoms with van der Waals surface area (Å²) >= 11 is 0. The molecular formula is C15H18N7O8P. The maximum absolute atomic E-state index is 12.2. The number of methoxy groups -OCH3 is 1. The number of rotatable bonds is 6. The summed E-state index contributed by atoms with van der Waals surface area (Å²) in [5.74, 6) is 0.0741. The fourth-order valence-electron chi connectivity index (χ4n) is 3.01. The largest absolute Gasteiger partial charge is 0.453 e. The van der Waals surface area contributed by atoms with Gasteiger partial charge in [0.2, 0.25) is 0 Å². The van der Waals surface area contributed by atoms with E-state index in [4.69, 9.17) is 9.26 Å². The first-order chi connectivity index (χ1) is 14.8. The number of nitrogens with one attached hydrogen (secondary N) is 1. The molecule has 5 atom stereocenters. The molecule has 0 radical (unpaired) electrons. The number of ether oxygens (including phenoxy) is 2. The van der Waals surface area contributed by atoms with Gasteiger partial charge in [-0.05, 0) is 0 Å². The molecule has 0 spiro atoms. The molecule has 15 nitrogen and oxygen atoms in total. The van der Waals surface area contributed by atoms with Crippen LogP contribution in [0.5, 0.6) is 0 Å². The van der Waals surface area contributed by atoms with Crippen LogP contribution in [-0.2, 0) is 18.6 Å². The Kier molecular flexibility index (Phi) is 5.70. The summed E-state index contributed by atoms with van der Waals surface area (Å²) in [5.41, 5.74) is 0.392. The van der Waals surface area contributed by atoms with E-state index in [1.54, 1.807) is 0 Å². The molecule has 1 aliphatic heterocycles. The topological polar surface area (TPSA) is 196 Å². The number of aliphatic hydroxyl groups is 2. The number of imidazole rings is 2. The second kappa shape index (κ2) is 8.30. The lowest BCUT2D eigenvalue weighted by molar-refractivity contribution is -0.0487. The zero-order valence-electron chi connectivity index (χ0n) is 15.9. The minimum absolute atomic E-state index is 0.0741. The normalized spacial score (nSPS) is 25.4. The molecule has 1 fully saturated rings. The van der Waals surface area contributed by atoms with Crippen LogP contribution in [0.3, 0.4) is 0 Å². The SMILES string of the molecule is COC(=O)Nc1ncnc2c1ncn2[C@@H]1O[C@H](COP(=O)(O)n2ccnc2)[C@H](O)C1O. The van der Waals surface area contributed by atoms with Crippen molar-refractivity contribution in [3.05, 3.63) is 31.4 Å². The monoisotopic (exact) mass is 455 g/mol. The van der Waals surface area contributed by atoms with E-state index in [-0.39, 0.29) is 17.0 Å². The zero-order valence-corrected chi connectivity index (χ0v) is 16.8. The third kappa shape index (κ3) is 4.01. The standard InChI is InChI=1S/C15H18N7O8P/c1-28-15(25)20-12-9-13(18-5-17-12)22(7-19-9)14-11(24)10(23)8(30-14)4-29-31(26,27)21-3-2-16-6-21/h2-3,5-8,10-11,14,23-24H,4H2,1H3,(H,26,27)(H,17,18,20,25)/t8-,10+,11?,14-/m1/s1. The van der Waals surface area contributed by atoms with Gasteiger partial charge in [0.15, 0.2) is 23.2 Å². The zero-order chi connectivity index (χ0) is 22.2. The van der Waals surface area contributed by atoms with Crippen molar-refractivity contribution in [2.24, 2.45) is 0 Å². The predicted molar refractivity (Wildman–Crippen MR) is 101 cm³/mol. The summed E-state index contributed by atoms with van der Waals surface area (Å²) in [6.07, 6.45) is 0.239. The Balaban J connectivity index is 1.53. The van der Waals surface area contributed by atoms with Crippen LogP contribution in [0.4, 0.5) is 10.6 Å². The van der Waals surface area contributed by atoms with Gasteiger partial charge in [-0.25, -0.2) is 33.6 Å². The minimum Gasteiger partial charge on any atom is -0.453 e. The van der Waals surface area contributed by atoms with Crippen molar-refractivity contribution in [3.8, 4) is 0 Å². The number of carbonyl (C=O) groups excluding carboxylic acids is 1. The fourth-order valence-corrected chi connectivity index (χ4v) is 3.91. The van der Waals surface area contributed by atoms with E-state index in [0.717, 1.165) is 17.0 Å². The molecule has 0 aliphatic carbocycles. The fraction of sp³-hybridized carbons (Fsp3) is 0.400. The first kappa shape index (κ1) is 21.3. The maximum atomic E-state index is 12.2. The van der Waals surface area contributed by atoms with Crippen LogP contribution in [0, 0.1) is 0 Å². The summed E-state index contributed by atoms with van der Waals surface area (Å²) in [6.45, 7) is -0.489. The predicted octanol–water partition coefficient (Wildman–Crippen LogP) is -0.514. The number of anilines is 1. The van der Waals surface area contributed by atoms with E-state index in [1.165, 1.54) is 30.4 Å². The molecule has 1 amide bonds. The molecule has 1 saturated heterocycles. The molecule has 0 saturated carbocycles. The highest BCUT2D eigenvalue weighted by molar-refractivity contribution is 7.51. The number of hydrogen-bond acceptors (Lipinski definition) is 11. The van der Waals surface area contributed by atoms with Gasteiger partial charge >= 0.3 is 13.8 Å². The second-order valence-electron chi connectivity index (χ2n) is 6.44. The highest BCUT2D eigenvalue weighted by Gasteiger charge is 2.45. The number of aromatic nitrogens is 6. The lowest BCUT2D eigenvalue weighted by Gasteiger charge is -2.18. The quantitative estimate of drug-likeness (QED) is 0.348. The van der Waals surface area contributed by atoms with Crippen LogP contribution in [0.1, 0.15) is 6.23 Å². The first-order valence-electron chi connectivity index (χ1n) is 8.82. The molecule has 4 rings (SSSR count). The molecule has 3 aromatic rings. The van der Waals surface area contributed by atoms with Gasteiger partial charge in [0.25, 0.3) is 0 Å². The van der Waals surface area contributed by atoms with E-state index in [0.29, 0.717) is 0 Å². The highest BCUT2D eigenvalue weighted by atomic mass is 31.2. The van der Waals surface area contributed by atoms with Crippen LogP contribution < -0.4 is 5.32 Å². The van der Waals surface area contributed by atoms with Crippen molar-refractivity contribution in [1.29, 1.82) is 0 Å². The Morgan fingerprint density at radius 3 is 2.81 bits per heavy atom. The Labute approximate surface area is 173 Å².